The van der Waals surface area contributed by atoms with Crippen molar-refractivity contribution in [3.63, 3.8) is 0 Å². The molecule has 152 valence electrons. The SMILES string of the molecule is Cc1cc(-c2csc(NC(=O)CN3C(=O)NC4C3N(C)C(=O)N4C)n2)ccc1F. The third-order valence-electron chi connectivity index (χ3n) is 5.07. The lowest BCUT2D eigenvalue weighted by atomic mass is 10.1. The molecule has 29 heavy (non-hydrogen) atoms. The van der Waals surface area contributed by atoms with Crippen LogP contribution in [-0.2, 0) is 4.79 Å². The zero-order valence-electron chi connectivity index (χ0n) is 16.0. The molecule has 2 fully saturated rings. The zero-order valence-corrected chi connectivity index (χ0v) is 16.8. The molecule has 1 aromatic carbocycles. The molecule has 2 unspecified atom stereocenters. The number of aryl methyl sites for hydroxylation is 1. The van der Waals surface area contributed by atoms with Gasteiger partial charge in [0, 0.05) is 25.0 Å². The normalized spacial score (nSPS) is 20.9. The molecular formula is C18H19FN6O3S. The first-order valence-electron chi connectivity index (χ1n) is 8.85. The number of thiazole rings is 1. The number of amides is 5. The first kappa shape index (κ1) is 19.1. The van der Waals surface area contributed by atoms with Gasteiger partial charge in [-0.25, -0.2) is 19.0 Å². The van der Waals surface area contributed by atoms with Gasteiger partial charge in [0.2, 0.25) is 5.91 Å². The Bertz CT molecular complexity index is 1010. The monoisotopic (exact) mass is 418 g/mol. The molecule has 2 saturated heterocycles. The molecule has 2 atom stereocenters. The van der Waals surface area contributed by atoms with E-state index < -0.39 is 24.3 Å². The van der Waals surface area contributed by atoms with E-state index in [1.165, 1.54) is 32.1 Å². The molecule has 2 N–H and O–H groups in total. The van der Waals surface area contributed by atoms with Crippen LogP contribution >= 0.6 is 11.3 Å². The number of likely N-dealkylation sites (N-methyl/N-ethyl adjacent to an activating group) is 2. The molecule has 3 heterocycles. The van der Waals surface area contributed by atoms with Gasteiger partial charge >= 0.3 is 12.1 Å². The third-order valence-corrected chi connectivity index (χ3v) is 5.83. The Morgan fingerprint density at radius 2 is 2.07 bits per heavy atom. The molecule has 0 radical (unpaired) electrons. The van der Waals surface area contributed by atoms with Gasteiger partial charge < -0.3 is 20.4 Å². The number of urea groups is 2. The Hall–Kier alpha value is -3.21. The van der Waals surface area contributed by atoms with E-state index >= 15 is 0 Å². The van der Waals surface area contributed by atoms with Crippen LogP contribution < -0.4 is 10.6 Å². The van der Waals surface area contributed by atoms with Crippen LogP contribution in [0, 0.1) is 12.7 Å². The highest BCUT2D eigenvalue weighted by atomic mass is 32.1. The summed E-state index contributed by atoms with van der Waals surface area (Å²) in [6.07, 6.45) is -1.05. The Morgan fingerprint density at radius 3 is 2.79 bits per heavy atom. The smallest absolute Gasteiger partial charge is 0.314 e. The maximum absolute atomic E-state index is 13.4. The van der Waals surface area contributed by atoms with Crippen LogP contribution in [0.15, 0.2) is 23.6 Å². The molecule has 2 aliphatic rings. The van der Waals surface area contributed by atoms with Gasteiger partial charge in [-0.1, -0.05) is 0 Å². The van der Waals surface area contributed by atoms with Crippen LogP contribution in [0.4, 0.5) is 19.1 Å². The fourth-order valence-corrected chi connectivity index (χ4v) is 4.26. The molecule has 0 spiro atoms. The highest BCUT2D eigenvalue weighted by Gasteiger charge is 2.52. The number of rotatable bonds is 4. The second-order valence-electron chi connectivity index (χ2n) is 6.99. The van der Waals surface area contributed by atoms with Gasteiger partial charge in [-0.05, 0) is 30.7 Å². The molecule has 9 nitrogen and oxygen atoms in total. The van der Waals surface area contributed by atoms with Crippen LogP contribution in [0.1, 0.15) is 5.56 Å². The average Bonchev–Trinajstić information content (AvgIpc) is 3.32. The number of hydrogen-bond donors (Lipinski definition) is 2. The standard InChI is InChI=1S/C18H19FN6O3S/c1-9-6-10(4-5-11(9)19)12-8-29-16(20-12)21-13(26)7-25-15-14(22-17(25)27)23(2)18(28)24(15)3/h4-6,8,14-15H,7H2,1-3H3,(H,22,27)(H,20,21,26). The number of benzene rings is 1. The molecule has 0 aliphatic carbocycles. The fraction of sp³-hybridized carbons (Fsp3) is 0.333. The molecule has 0 bridgehead atoms. The van der Waals surface area contributed by atoms with E-state index in [1.54, 1.807) is 38.5 Å². The predicted octanol–water partition coefficient (Wildman–Crippen LogP) is 1.87. The average molecular weight is 418 g/mol. The van der Waals surface area contributed by atoms with Gasteiger partial charge in [-0.15, -0.1) is 11.3 Å². The minimum Gasteiger partial charge on any atom is -0.314 e. The topological polar surface area (TPSA) is 97.9 Å². The fourth-order valence-electron chi connectivity index (χ4n) is 3.52. The van der Waals surface area contributed by atoms with Gasteiger partial charge in [0.15, 0.2) is 5.13 Å². The highest BCUT2D eigenvalue weighted by molar-refractivity contribution is 7.14. The molecule has 1 aromatic heterocycles. The number of aromatic nitrogens is 1. The van der Waals surface area contributed by atoms with Crippen LogP contribution in [0.25, 0.3) is 11.3 Å². The van der Waals surface area contributed by atoms with Crippen LogP contribution in [-0.4, -0.2) is 70.6 Å². The van der Waals surface area contributed by atoms with E-state index in [4.69, 9.17) is 0 Å². The van der Waals surface area contributed by atoms with E-state index in [0.717, 1.165) is 5.56 Å². The van der Waals surface area contributed by atoms with Crippen LogP contribution in [0.5, 0.6) is 0 Å². The summed E-state index contributed by atoms with van der Waals surface area (Å²) >= 11 is 1.23. The number of carbonyl (C=O) groups is 3. The highest BCUT2D eigenvalue weighted by Crippen LogP contribution is 2.28. The molecule has 11 heteroatoms. The lowest BCUT2D eigenvalue weighted by Crippen LogP contribution is -2.47. The van der Waals surface area contributed by atoms with E-state index in [1.807, 2.05) is 0 Å². The van der Waals surface area contributed by atoms with Crippen molar-refractivity contribution in [2.24, 2.45) is 0 Å². The summed E-state index contributed by atoms with van der Waals surface area (Å²) in [6, 6.07) is 4.05. The lowest BCUT2D eigenvalue weighted by Gasteiger charge is -2.25. The van der Waals surface area contributed by atoms with Gasteiger partial charge in [0.25, 0.3) is 0 Å². The number of fused-ring (bicyclic) bond motifs is 1. The number of nitrogens with one attached hydrogen (secondary N) is 2. The Balaban J connectivity index is 1.44. The molecule has 2 aromatic rings. The van der Waals surface area contributed by atoms with Gasteiger partial charge in [-0.2, -0.15) is 0 Å². The molecule has 2 aliphatic heterocycles. The maximum Gasteiger partial charge on any atom is 0.323 e. The van der Waals surface area contributed by atoms with Crippen molar-refractivity contribution in [2.75, 3.05) is 26.0 Å². The summed E-state index contributed by atoms with van der Waals surface area (Å²) in [5.41, 5.74) is 1.88. The summed E-state index contributed by atoms with van der Waals surface area (Å²) in [7, 11) is 3.19. The van der Waals surface area contributed by atoms with E-state index in [0.29, 0.717) is 16.4 Å². The van der Waals surface area contributed by atoms with Crippen molar-refractivity contribution >= 4 is 34.4 Å². The Morgan fingerprint density at radius 1 is 1.31 bits per heavy atom. The minimum absolute atomic E-state index is 0.219. The zero-order chi connectivity index (χ0) is 20.9. The number of carbonyl (C=O) groups excluding carboxylic acids is 3. The number of halogens is 1. The summed E-state index contributed by atoms with van der Waals surface area (Å²) in [4.78, 5) is 45.3. The minimum atomic E-state index is -0.556. The van der Waals surface area contributed by atoms with Gasteiger partial charge in [-0.3, -0.25) is 9.69 Å². The molecular weight excluding hydrogens is 399 g/mol. The van der Waals surface area contributed by atoms with Crippen molar-refractivity contribution < 1.29 is 18.8 Å². The molecule has 0 saturated carbocycles. The molecule has 5 amide bonds. The summed E-state index contributed by atoms with van der Waals surface area (Å²) in [6.45, 7) is 1.45. The largest absolute Gasteiger partial charge is 0.323 e. The van der Waals surface area contributed by atoms with Crippen LogP contribution in [0.2, 0.25) is 0 Å². The lowest BCUT2D eigenvalue weighted by molar-refractivity contribution is -0.117. The Kier molecular flexibility index (Phi) is 4.61. The first-order valence-corrected chi connectivity index (χ1v) is 9.73. The van der Waals surface area contributed by atoms with Crippen molar-refractivity contribution in [3.8, 4) is 11.3 Å². The van der Waals surface area contributed by atoms with Crippen molar-refractivity contribution in [3.05, 3.63) is 35.0 Å². The number of hydrogen-bond acceptors (Lipinski definition) is 5. The summed E-state index contributed by atoms with van der Waals surface area (Å²) < 4.78 is 13.4. The van der Waals surface area contributed by atoms with Crippen molar-refractivity contribution in [1.82, 2.24) is 25.0 Å². The van der Waals surface area contributed by atoms with Crippen molar-refractivity contribution in [2.45, 2.75) is 19.3 Å². The van der Waals surface area contributed by atoms with E-state index in [2.05, 4.69) is 15.6 Å². The van der Waals surface area contributed by atoms with E-state index in [9.17, 15) is 18.8 Å². The summed E-state index contributed by atoms with van der Waals surface area (Å²) in [5.74, 6) is -0.715. The summed E-state index contributed by atoms with van der Waals surface area (Å²) in [5, 5.41) is 7.52. The number of anilines is 1. The second kappa shape index (κ2) is 6.99. The Labute approximate surface area is 170 Å². The quantitative estimate of drug-likeness (QED) is 0.792. The predicted molar refractivity (Wildman–Crippen MR) is 105 cm³/mol. The van der Waals surface area contributed by atoms with Gasteiger partial charge in [0.1, 0.15) is 24.7 Å². The van der Waals surface area contributed by atoms with E-state index in [-0.39, 0.29) is 18.4 Å². The first-order chi connectivity index (χ1) is 13.8. The third kappa shape index (κ3) is 3.27. The van der Waals surface area contributed by atoms with Gasteiger partial charge in [0.05, 0.1) is 5.69 Å². The number of nitrogens with zero attached hydrogens (tertiary/aromatic N) is 4. The second-order valence-corrected chi connectivity index (χ2v) is 7.85. The van der Waals surface area contributed by atoms with Crippen molar-refractivity contribution in [1.29, 1.82) is 0 Å². The molecule has 4 rings (SSSR count). The maximum atomic E-state index is 13.4. The van der Waals surface area contributed by atoms with Crippen LogP contribution in [0.3, 0.4) is 0 Å².